The number of nitrogens with one attached hydrogen (secondary N) is 2. The number of fused-ring (bicyclic) bond motifs is 2. The zero-order valence-corrected chi connectivity index (χ0v) is 8.25. The number of hydrazine groups is 1. The van der Waals surface area contributed by atoms with Crippen LogP contribution in [0.15, 0.2) is 11.8 Å². The summed E-state index contributed by atoms with van der Waals surface area (Å²) in [6, 6.07) is -0.524. The smallest absolute Gasteiger partial charge is 0.330 e. The van der Waals surface area contributed by atoms with Crippen molar-refractivity contribution in [1.29, 1.82) is 0 Å². The largest absolute Gasteiger partial charge is 0.350 e. The lowest BCUT2D eigenvalue weighted by molar-refractivity contribution is 0.239. The van der Waals surface area contributed by atoms with Crippen LogP contribution in [0.5, 0.6) is 0 Å². The van der Waals surface area contributed by atoms with E-state index in [4.69, 9.17) is 5.73 Å². The summed E-state index contributed by atoms with van der Waals surface area (Å²) in [5.41, 5.74) is 11.5. The quantitative estimate of drug-likeness (QED) is 0.580. The summed E-state index contributed by atoms with van der Waals surface area (Å²) in [6.45, 7) is 0. The SMILES string of the molecule is NC(=O)NNC1=CCC2CCCC1C2. The average molecular weight is 195 g/mol. The number of urea groups is 1. The van der Waals surface area contributed by atoms with Crippen molar-refractivity contribution in [3.8, 4) is 0 Å². The van der Waals surface area contributed by atoms with E-state index in [9.17, 15) is 4.79 Å². The van der Waals surface area contributed by atoms with Crippen LogP contribution in [0.3, 0.4) is 0 Å². The molecule has 4 heteroatoms. The van der Waals surface area contributed by atoms with E-state index in [-0.39, 0.29) is 0 Å². The van der Waals surface area contributed by atoms with Crippen LogP contribution in [0.4, 0.5) is 4.79 Å². The van der Waals surface area contributed by atoms with Crippen molar-refractivity contribution < 1.29 is 4.79 Å². The molecule has 1 saturated carbocycles. The van der Waals surface area contributed by atoms with E-state index in [0.29, 0.717) is 5.92 Å². The zero-order valence-electron chi connectivity index (χ0n) is 8.25. The Balaban J connectivity index is 1.94. The van der Waals surface area contributed by atoms with Crippen molar-refractivity contribution in [1.82, 2.24) is 10.9 Å². The lowest BCUT2D eigenvalue weighted by Crippen LogP contribution is -2.43. The molecule has 0 spiro atoms. The Bertz CT molecular complexity index is 262. The molecule has 4 nitrogen and oxygen atoms in total. The molecule has 0 aromatic rings. The van der Waals surface area contributed by atoms with E-state index < -0.39 is 6.03 Å². The molecule has 2 aliphatic rings. The minimum Gasteiger partial charge on any atom is -0.350 e. The highest BCUT2D eigenvalue weighted by Crippen LogP contribution is 2.38. The van der Waals surface area contributed by atoms with Gasteiger partial charge in [-0.2, -0.15) is 0 Å². The molecule has 0 aromatic carbocycles. The standard InChI is InChI=1S/C10H17N3O/c11-10(14)13-12-9-5-4-7-2-1-3-8(9)6-7/h5,7-8,12H,1-4,6H2,(H3,11,13,14). The van der Waals surface area contributed by atoms with Gasteiger partial charge < -0.3 is 11.2 Å². The molecule has 0 aromatic heterocycles. The molecule has 0 saturated heterocycles. The van der Waals surface area contributed by atoms with E-state index in [1.165, 1.54) is 25.7 Å². The number of allylic oxidation sites excluding steroid dienone is 2. The van der Waals surface area contributed by atoms with Gasteiger partial charge in [0, 0.05) is 11.6 Å². The first kappa shape index (κ1) is 9.37. The van der Waals surface area contributed by atoms with Crippen LogP contribution in [0.25, 0.3) is 0 Å². The zero-order chi connectivity index (χ0) is 9.97. The fourth-order valence-corrected chi connectivity index (χ4v) is 2.53. The van der Waals surface area contributed by atoms with Gasteiger partial charge in [0.15, 0.2) is 0 Å². The van der Waals surface area contributed by atoms with Gasteiger partial charge in [-0.15, -0.1) is 0 Å². The molecule has 4 N–H and O–H groups in total. The van der Waals surface area contributed by atoms with Gasteiger partial charge in [0.25, 0.3) is 0 Å². The second kappa shape index (κ2) is 3.90. The first-order valence-corrected chi connectivity index (χ1v) is 5.27. The normalized spacial score (nSPS) is 30.4. The average Bonchev–Trinajstić information content (AvgIpc) is 2.17. The van der Waals surface area contributed by atoms with Crippen molar-refractivity contribution in [3.63, 3.8) is 0 Å². The van der Waals surface area contributed by atoms with Crippen molar-refractivity contribution in [2.45, 2.75) is 32.1 Å². The molecule has 2 atom stereocenters. The molecule has 2 rings (SSSR count). The monoisotopic (exact) mass is 195 g/mol. The number of amides is 2. The molecule has 0 radical (unpaired) electrons. The first-order valence-electron chi connectivity index (χ1n) is 5.27. The Morgan fingerprint density at radius 2 is 2.36 bits per heavy atom. The summed E-state index contributed by atoms with van der Waals surface area (Å²) in [4.78, 5) is 10.5. The summed E-state index contributed by atoms with van der Waals surface area (Å²) >= 11 is 0. The molecule has 0 aliphatic heterocycles. The highest BCUT2D eigenvalue weighted by Gasteiger charge is 2.27. The number of hydrogen-bond acceptors (Lipinski definition) is 2. The van der Waals surface area contributed by atoms with Crippen molar-refractivity contribution >= 4 is 6.03 Å². The van der Waals surface area contributed by atoms with Gasteiger partial charge in [-0.1, -0.05) is 18.9 Å². The minimum absolute atomic E-state index is 0.524. The fraction of sp³-hybridized carbons (Fsp3) is 0.700. The third-order valence-corrected chi connectivity index (χ3v) is 3.22. The second-order valence-electron chi connectivity index (χ2n) is 4.24. The van der Waals surface area contributed by atoms with E-state index in [1.807, 2.05) is 0 Å². The van der Waals surface area contributed by atoms with Crippen molar-refractivity contribution in [2.24, 2.45) is 17.6 Å². The second-order valence-corrected chi connectivity index (χ2v) is 4.24. The molecule has 2 unspecified atom stereocenters. The van der Waals surface area contributed by atoms with Crippen LogP contribution in [-0.4, -0.2) is 6.03 Å². The molecule has 2 aliphatic carbocycles. The summed E-state index contributed by atoms with van der Waals surface area (Å²) in [6.07, 6.45) is 8.51. The number of carbonyl (C=O) groups excluding carboxylic acids is 1. The third kappa shape index (κ3) is 2.00. The number of carbonyl (C=O) groups is 1. The lowest BCUT2D eigenvalue weighted by Gasteiger charge is -2.34. The fourth-order valence-electron chi connectivity index (χ4n) is 2.53. The maximum atomic E-state index is 10.5. The predicted molar refractivity (Wildman–Crippen MR) is 54.0 cm³/mol. The van der Waals surface area contributed by atoms with Crippen LogP contribution in [0, 0.1) is 11.8 Å². The van der Waals surface area contributed by atoms with Gasteiger partial charge in [0.05, 0.1) is 0 Å². The van der Waals surface area contributed by atoms with E-state index in [2.05, 4.69) is 16.9 Å². The van der Waals surface area contributed by atoms with Crippen LogP contribution >= 0.6 is 0 Å². The molecule has 14 heavy (non-hydrogen) atoms. The van der Waals surface area contributed by atoms with Crippen LogP contribution in [0.1, 0.15) is 32.1 Å². The van der Waals surface area contributed by atoms with Gasteiger partial charge >= 0.3 is 6.03 Å². The Labute approximate surface area is 83.9 Å². The molecule has 78 valence electrons. The number of nitrogens with two attached hydrogens (primary N) is 1. The van der Waals surface area contributed by atoms with Crippen molar-refractivity contribution in [3.05, 3.63) is 11.8 Å². The van der Waals surface area contributed by atoms with E-state index in [0.717, 1.165) is 18.0 Å². The topological polar surface area (TPSA) is 67.2 Å². The number of primary amides is 1. The van der Waals surface area contributed by atoms with Crippen LogP contribution < -0.4 is 16.6 Å². The number of hydrogen-bond donors (Lipinski definition) is 3. The summed E-state index contributed by atoms with van der Waals surface area (Å²) < 4.78 is 0. The molecule has 1 fully saturated rings. The maximum absolute atomic E-state index is 10.5. The Hall–Kier alpha value is -1.19. The maximum Gasteiger partial charge on any atom is 0.330 e. The Morgan fingerprint density at radius 3 is 3.14 bits per heavy atom. The van der Waals surface area contributed by atoms with E-state index >= 15 is 0 Å². The molecule has 0 heterocycles. The molecular formula is C10H17N3O. The summed E-state index contributed by atoms with van der Waals surface area (Å²) in [5, 5.41) is 0. The van der Waals surface area contributed by atoms with E-state index in [1.54, 1.807) is 0 Å². The Kier molecular flexibility index (Phi) is 2.61. The predicted octanol–water partition coefficient (Wildman–Crippen LogP) is 1.25. The molecular weight excluding hydrogens is 178 g/mol. The van der Waals surface area contributed by atoms with Crippen LogP contribution in [0.2, 0.25) is 0 Å². The third-order valence-electron chi connectivity index (χ3n) is 3.22. The lowest BCUT2D eigenvalue weighted by atomic mass is 9.74. The van der Waals surface area contributed by atoms with Gasteiger partial charge in [0.2, 0.25) is 0 Å². The Morgan fingerprint density at radius 1 is 1.50 bits per heavy atom. The highest BCUT2D eigenvalue weighted by molar-refractivity contribution is 5.71. The number of rotatable bonds is 2. The summed E-state index contributed by atoms with van der Waals surface area (Å²) in [7, 11) is 0. The van der Waals surface area contributed by atoms with Crippen LogP contribution in [-0.2, 0) is 0 Å². The van der Waals surface area contributed by atoms with Gasteiger partial charge in [-0.25, -0.2) is 4.79 Å². The van der Waals surface area contributed by atoms with Gasteiger partial charge in [0.1, 0.15) is 0 Å². The first-order chi connectivity index (χ1) is 6.75. The highest BCUT2D eigenvalue weighted by atomic mass is 16.2. The van der Waals surface area contributed by atoms with Gasteiger partial charge in [-0.05, 0) is 25.2 Å². The van der Waals surface area contributed by atoms with Crippen molar-refractivity contribution in [2.75, 3.05) is 0 Å². The van der Waals surface area contributed by atoms with Gasteiger partial charge in [-0.3, -0.25) is 5.43 Å². The molecule has 2 bridgehead atoms. The minimum atomic E-state index is -0.524. The summed E-state index contributed by atoms with van der Waals surface area (Å²) in [5.74, 6) is 1.47. The molecule has 2 amide bonds.